The van der Waals surface area contributed by atoms with Crippen LogP contribution in [0.25, 0.3) is 0 Å². The van der Waals surface area contributed by atoms with Crippen LogP contribution in [-0.2, 0) is 13.7 Å². The molecular formula is C17H16BrN3O3S2. The summed E-state index contributed by atoms with van der Waals surface area (Å²) < 4.78 is 13.6. The fraction of sp³-hybridized carbons (Fsp3) is 0.235. The topological polar surface area (TPSA) is 66.2 Å². The van der Waals surface area contributed by atoms with Crippen molar-refractivity contribution in [3.8, 4) is 11.5 Å². The van der Waals surface area contributed by atoms with Gasteiger partial charge in [-0.2, -0.15) is 0 Å². The van der Waals surface area contributed by atoms with Crippen LogP contribution in [0.15, 0.2) is 45.3 Å². The number of rotatable bonds is 8. The molecule has 0 saturated heterocycles. The average Bonchev–Trinajstić information content (AvgIpc) is 3.24. The zero-order valence-corrected chi connectivity index (χ0v) is 17.4. The predicted molar refractivity (Wildman–Crippen MR) is 105 cm³/mol. The molecule has 0 radical (unpaired) electrons. The first-order valence-corrected chi connectivity index (χ1v) is 10.2. The van der Waals surface area contributed by atoms with E-state index < -0.39 is 0 Å². The van der Waals surface area contributed by atoms with Crippen molar-refractivity contribution in [2.75, 3.05) is 12.9 Å². The molecule has 1 aromatic carbocycles. The van der Waals surface area contributed by atoms with E-state index in [-0.39, 0.29) is 5.78 Å². The molecule has 2 heterocycles. The lowest BCUT2D eigenvalue weighted by atomic mass is 10.3. The third-order valence-corrected chi connectivity index (χ3v) is 6.22. The highest BCUT2D eigenvalue weighted by Crippen LogP contribution is 2.25. The molecule has 0 spiro atoms. The van der Waals surface area contributed by atoms with E-state index in [1.54, 1.807) is 7.11 Å². The Morgan fingerprint density at radius 1 is 1.19 bits per heavy atom. The number of benzene rings is 1. The maximum Gasteiger partial charge on any atom is 0.191 e. The number of hydrogen-bond acceptors (Lipinski definition) is 7. The number of thioether (sulfide) groups is 1. The van der Waals surface area contributed by atoms with E-state index in [9.17, 15) is 4.79 Å². The summed E-state index contributed by atoms with van der Waals surface area (Å²) in [4.78, 5) is 12.9. The third-order valence-electron chi connectivity index (χ3n) is 3.53. The molecule has 9 heteroatoms. The van der Waals surface area contributed by atoms with Crippen LogP contribution in [0, 0.1) is 0 Å². The van der Waals surface area contributed by atoms with Crippen LogP contribution in [0.2, 0.25) is 0 Å². The number of thiophene rings is 1. The van der Waals surface area contributed by atoms with Crippen LogP contribution in [-0.4, -0.2) is 33.4 Å². The SMILES string of the molecule is COc1ccc(OCc2nnc(SCC(=O)c3ccc(Br)s3)n2C)cc1. The summed E-state index contributed by atoms with van der Waals surface area (Å²) in [6, 6.07) is 11.0. The molecule has 0 saturated carbocycles. The van der Waals surface area contributed by atoms with E-state index in [1.165, 1.54) is 23.1 Å². The number of carbonyl (C=O) groups is 1. The Kier molecular flexibility index (Phi) is 6.33. The summed E-state index contributed by atoms with van der Waals surface area (Å²) in [6.45, 7) is 0.294. The molecule has 3 rings (SSSR count). The smallest absolute Gasteiger partial charge is 0.191 e. The lowest BCUT2D eigenvalue weighted by Crippen LogP contribution is -2.05. The van der Waals surface area contributed by atoms with Gasteiger partial charge in [-0.15, -0.1) is 21.5 Å². The van der Waals surface area contributed by atoms with Crippen molar-refractivity contribution >= 4 is 44.8 Å². The molecule has 136 valence electrons. The van der Waals surface area contributed by atoms with Gasteiger partial charge < -0.3 is 14.0 Å². The number of aromatic nitrogens is 3. The second kappa shape index (κ2) is 8.70. The Balaban J connectivity index is 1.56. The minimum absolute atomic E-state index is 0.0738. The first-order valence-electron chi connectivity index (χ1n) is 7.63. The summed E-state index contributed by atoms with van der Waals surface area (Å²) in [5, 5.41) is 8.97. The summed E-state index contributed by atoms with van der Waals surface area (Å²) in [6.07, 6.45) is 0. The van der Waals surface area contributed by atoms with Gasteiger partial charge in [0.2, 0.25) is 0 Å². The van der Waals surface area contributed by atoms with Crippen molar-refractivity contribution < 1.29 is 14.3 Å². The van der Waals surface area contributed by atoms with E-state index >= 15 is 0 Å². The van der Waals surface area contributed by atoms with Crippen LogP contribution in [0.4, 0.5) is 0 Å². The first-order chi connectivity index (χ1) is 12.6. The molecular weight excluding hydrogens is 438 g/mol. The Bertz CT molecular complexity index is 893. The lowest BCUT2D eigenvalue weighted by molar-refractivity contribution is 0.102. The van der Waals surface area contributed by atoms with Crippen LogP contribution in [0.1, 0.15) is 15.5 Å². The quantitative estimate of drug-likeness (QED) is 0.376. The van der Waals surface area contributed by atoms with Crippen molar-refractivity contribution in [3.05, 3.63) is 50.9 Å². The number of Topliss-reactive ketones (excluding diaryl/α,β-unsaturated/α-hetero) is 1. The average molecular weight is 454 g/mol. The van der Waals surface area contributed by atoms with Crippen LogP contribution in [0.3, 0.4) is 0 Å². The second-order valence-electron chi connectivity index (χ2n) is 5.24. The zero-order valence-electron chi connectivity index (χ0n) is 14.1. The highest BCUT2D eigenvalue weighted by atomic mass is 79.9. The number of methoxy groups -OCH3 is 1. The van der Waals surface area contributed by atoms with Crippen molar-refractivity contribution in [3.63, 3.8) is 0 Å². The normalized spacial score (nSPS) is 10.7. The Morgan fingerprint density at radius 2 is 1.92 bits per heavy atom. The van der Waals surface area contributed by atoms with Crippen LogP contribution < -0.4 is 9.47 Å². The molecule has 3 aromatic rings. The molecule has 0 unspecified atom stereocenters. The molecule has 6 nitrogen and oxygen atoms in total. The van der Waals surface area contributed by atoms with Gasteiger partial charge >= 0.3 is 0 Å². The fourth-order valence-electron chi connectivity index (χ4n) is 2.08. The largest absolute Gasteiger partial charge is 0.497 e. The molecule has 2 aromatic heterocycles. The van der Waals surface area contributed by atoms with E-state index in [2.05, 4.69) is 26.1 Å². The maximum atomic E-state index is 12.2. The van der Waals surface area contributed by atoms with E-state index in [0.717, 1.165) is 20.2 Å². The van der Waals surface area contributed by atoms with Gasteiger partial charge in [-0.1, -0.05) is 11.8 Å². The van der Waals surface area contributed by atoms with Gasteiger partial charge in [0.15, 0.2) is 16.8 Å². The summed E-state index contributed by atoms with van der Waals surface area (Å²) in [5.74, 6) is 2.58. The Labute approximate surface area is 167 Å². The number of nitrogens with zero attached hydrogens (tertiary/aromatic N) is 3. The van der Waals surface area contributed by atoms with Crippen LogP contribution in [0.5, 0.6) is 11.5 Å². The lowest BCUT2D eigenvalue weighted by Gasteiger charge is -2.07. The van der Waals surface area contributed by atoms with Crippen molar-refractivity contribution in [1.29, 1.82) is 0 Å². The number of carbonyl (C=O) groups excluding carboxylic acids is 1. The minimum atomic E-state index is 0.0738. The van der Waals surface area contributed by atoms with Gasteiger partial charge in [0.25, 0.3) is 0 Å². The predicted octanol–water partition coefficient (Wildman–Crippen LogP) is 4.20. The van der Waals surface area contributed by atoms with Crippen molar-refractivity contribution in [2.24, 2.45) is 7.05 Å². The monoisotopic (exact) mass is 453 g/mol. The summed E-state index contributed by atoms with van der Waals surface area (Å²) >= 11 is 6.16. The first kappa shape index (κ1) is 18.9. The molecule has 0 bridgehead atoms. The molecule has 0 amide bonds. The Morgan fingerprint density at radius 3 is 2.58 bits per heavy atom. The van der Waals surface area contributed by atoms with Crippen LogP contribution >= 0.6 is 39.0 Å². The maximum absolute atomic E-state index is 12.2. The fourth-order valence-corrected chi connectivity index (χ4v) is 4.31. The van der Waals surface area contributed by atoms with Gasteiger partial charge in [0.1, 0.15) is 18.1 Å². The zero-order chi connectivity index (χ0) is 18.5. The molecule has 0 aliphatic heterocycles. The highest BCUT2D eigenvalue weighted by Gasteiger charge is 2.14. The molecule has 0 N–H and O–H groups in total. The Hall–Kier alpha value is -1.84. The van der Waals surface area contributed by atoms with Gasteiger partial charge in [-0.25, -0.2) is 0 Å². The minimum Gasteiger partial charge on any atom is -0.497 e. The summed E-state index contributed by atoms with van der Waals surface area (Å²) in [7, 11) is 3.48. The van der Waals surface area contributed by atoms with E-state index in [4.69, 9.17) is 9.47 Å². The number of ketones is 1. The van der Waals surface area contributed by atoms with Crippen molar-refractivity contribution in [2.45, 2.75) is 11.8 Å². The molecule has 0 fully saturated rings. The van der Waals surface area contributed by atoms with Gasteiger partial charge in [-0.05, 0) is 52.3 Å². The van der Waals surface area contributed by atoms with E-state index in [0.29, 0.717) is 23.3 Å². The molecule has 26 heavy (non-hydrogen) atoms. The summed E-state index contributed by atoms with van der Waals surface area (Å²) in [5.41, 5.74) is 0. The van der Waals surface area contributed by atoms with Gasteiger partial charge in [0, 0.05) is 7.05 Å². The highest BCUT2D eigenvalue weighted by molar-refractivity contribution is 9.11. The van der Waals surface area contributed by atoms with Gasteiger partial charge in [-0.3, -0.25) is 4.79 Å². The van der Waals surface area contributed by atoms with Gasteiger partial charge in [0.05, 0.1) is 21.5 Å². The van der Waals surface area contributed by atoms with E-state index in [1.807, 2.05) is 48.0 Å². The number of halogens is 1. The molecule has 0 atom stereocenters. The standard InChI is InChI=1S/C17H16BrN3O3S2/c1-21-16(9-24-12-5-3-11(23-2)4-6-12)19-20-17(21)25-10-13(22)14-7-8-15(18)26-14/h3-8H,9-10H2,1-2H3. The molecule has 0 aliphatic carbocycles. The number of hydrogen-bond donors (Lipinski definition) is 0. The third kappa shape index (κ3) is 4.66. The number of ether oxygens (including phenoxy) is 2. The second-order valence-corrected chi connectivity index (χ2v) is 8.64. The molecule has 0 aliphatic rings. The van der Waals surface area contributed by atoms with Crippen molar-refractivity contribution in [1.82, 2.24) is 14.8 Å².